The van der Waals surface area contributed by atoms with E-state index in [2.05, 4.69) is 34.2 Å². The highest BCUT2D eigenvalue weighted by Crippen LogP contribution is 2.31. The van der Waals surface area contributed by atoms with Gasteiger partial charge in [0.25, 0.3) is 0 Å². The second-order valence-corrected chi connectivity index (χ2v) is 3.68. The molecule has 0 bridgehead atoms. The van der Waals surface area contributed by atoms with Crippen molar-refractivity contribution in [1.82, 2.24) is 9.97 Å². The third-order valence-electron chi connectivity index (χ3n) is 2.79. The summed E-state index contributed by atoms with van der Waals surface area (Å²) in [7, 11) is 0. The average Bonchev–Trinajstić information content (AvgIpc) is 2.86. The van der Waals surface area contributed by atoms with Crippen LogP contribution in [0.25, 0.3) is 0 Å². The van der Waals surface area contributed by atoms with E-state index in [-0.39, 0.29) is 0 Å². The fourth-order valence-electron chi connectivity index (χ4n) is 2.06. The first-order valence-electron chi connectivity index (χ1n) is 4.84. The number of aromatic nitrogens is 2. The van der Waals surface area contributed by atoms with E-state index in [1.54, 1.807) is 6.33 Å². The highest BCUT2D eigenvalue weighted by atomic mass is 14.9. The number of aromatic amines is 1. The number of rotatable bonds is 1. The second-order valence-electron chi connectivity index (χ2n) is 3.68. The molecule has 2 heteroatoms. The van der Waals surface area contributed by atoms with Gasteiger partial charge in [-0.1, -0.05) is 24.3 Å². The third-order valence-corrected chi connectivity index (χ3v) is 2.79. The van der Waals surface area contributed by atoms with Crippen LogP contribution in [-0.2, 0) is 12.8 Å². The van der Waals surface area contributed by atoms with Gasteiger partial charge in [0.15, 0.2) is 0 Å². The first-order chi connectivity index (χ1) is 6.93. The lowest BCUT2D eigenvalue weighted by molar-refractivity contribution is 0.956. The van der Waals surface area contributed by atoms with Gasteiger partial charge in [0.2, 0.25) is 0 Å². The highest BCUT2D eigenvalue weighted by Gasteiger charge is 2.23. The van der Waals surface area contributed by atoms with E-state index in [4.69, 9.17) is 0 Å². The molecule has 0 unspecified atom stereocenters. The predicted octanol–water partition coefficient (Wildman–Crippen LogP) is 2.13. The van der Waals surface area contributed by atoms with Crippen molar-refractivity contribution in [2.75, 3.05) is 0 Å². The largest absolute Gasteiger partial charge is 0.351 e. The Morgan fingerprint density at radius 1 is 1.07 bits per heavy atom. The van der Waals surface area contributed by atoms with Gasteiger partial charge >= 0.3 is 0 Å². The Balaban J connectivity index is 1.92. The van der Waals surface area contributed by atoms with E-state index in [9.17, 15) is 0 Å². The molecule has 3 rings (SSSR count). The quantitative estimate of drug-likeness (QED) is 0.720. The number of imidazole rings is 1. The lowest BCUT2D eigenvalue weighted by Gasteiger charge is -2.01. The van der Waals surface area contributed by atoms with Crippen LogP contribution in [0.5, 0.6) is 0 Å². The smallest absolute Gasteiger partial charge is 0.0923 e. The van der Waals surface area contributed by atoms with Crippen LogP contribution in [0, 0.1) is 5.92 Å². The molecule has 14 heavy (non-hydrogen) atoms. The molecule has 1 aliphatic carbocycles. The number of H-pyrrole nitrogens is 1. The maximum Gasteiger partial charge on any atom is 0.0923 e. The van der Waals surface area contributed by atoms with Crippen molar-refractivity contribution in [3.8, 4) is 0 Å². The van der Waals surface area contributed by atoms with E-state index in [0.717, 1.165) is 18.5 Å². The first kappa shape index (κ1) is 7.80. The number of nitrogens with one attached hydrogen (secondary N) is 1. The summed E-state index contributed by atoms with van der Waals surface area (Å²) in [5, 5.41) is 0. The predicted molar refractivity (Wildman–Crippen MR) is 54.8 cm³/mol. The maximum atomic E-state index is 4.29. The van der Waals surface area contributed by atoms with Gasteiger partial charge in [-0.2, -0.15) is 0 Å². The Labute approximate surface area is 83.0 Å². The molecule has 1 aromatic carbocycles. The Hall–Kier alpha value is -1.57. The summed E-state index contributed by atoms with van der Waals surface area (Å²) in [6.07, 6.45) is 5.83. The van der Waals surface area contributed by atoms with Crippen molar-refractivity contribution in [3.05, 3.63) is 59.5 Å². The SMILES string of the molecule is c1ccc2c(c1)C[C](c1c[nH]cn1)C2. The first-order valence-corrected chi connectivity index (χ1v) is 4.84. The lowest BCUT2D eigenvalue weighted by atomic mass is 10.0. The van der Waals surface area contributed by atoms with Crippen molar-refractivity contribution in [2.45, 2.75) is 12.8 Å². The molecule has 1 heterocycles. The molecular weight excluding hydrogens is 172 g/mol. The molecule has 0 aliphatic heterocycles. The van der Waals surface area contributed by atoms with Crippen molar-refractivity contribution in [2.24, 2.45) is 0 Å². The van der Waals surface area contributed by atoms with Gasteiger partial charge in [-0.3, -0.25) is 0 Å². The molecule has 1 aromatic heterocycles. The minimum atomic E-state index is 1.06. The van der Waals surface area contributed by atoms with Crippen LogP contribution < -0.4 is 0 Å². The minimum absolute atomic E-state index is 1.06. The molecule has 0 saturated heterocycles. The molecule has 0 saturated carbocycles. The summed E-state index contributed by atoms with van der Waals surface area (Å²) in [5.41, 5.74) is 4.01. The highest BCUT2D eigenvalue weighted by molar-refractivity contribution is 5.43. The zero-order chi connectivity index (χ0) is 9.38. The fraction of sp³-hybridized carbons (Fsp3) is 0.167. The van der Waals surface area contributed by atoms with E-state index < -0.39 is 0 Å². The molecule has 0 fully saturated rings. The van der Waals surface area contributed by atoms with Crippen molar-refractivity contribution in [3.63, 3.8) is 0 Å². The Kier molecular flexibility index (Phi) is 1.66. The third kappa shape index (κ3) is 1.15. The van der Waals surface area contributed by atoms with Crippen molar-refractivity contribution < 1.29 is 0 Å². The Morgan fingerprint density at radius 3 is 2.36 bits per heavy atom. The van der Waals surface area contributed by atoms with Crippen LogP contribution in [-0.4, -0.2) is 9.97 Å². The Bertz CT molecular complexity index is 406. The molecule has 2 nitrogen and oxygen atoms in total. The lowest BCUT2D eigenvalue weighted by Crippen LogP contribution is -1.98. The van der Waals surface area contributed by atoms with Gasteiger partial charge in [0.1, 0.15) is 0 Å². The number of hydrogen-bond donors (Lipinski definition) is 1. The molecule has 0 atom stereocenters. The number of nitrogens with zero attached hydrogens (tertiary/aromatic N) is 1. The van der Waals surface area contributed by atoms with Crippen molar-refractivity contribution >= 4 is 0 Å². The minimum Gasteiger partial charge on any atom is -0.351 e. The van der Waals surface area contributed by atoms with Crippen LogP contribution in [0.4, 0.5) is 0 Å². The molecule has 1 aliphatic rings. The fourth-order valence-corrected chi connectivity index (χ4v) is 2.06. The summed E-state index contributed by atoms with van der Waals surface area (Å²) in [6.45, 7) is 0. The standard InChI is InChI=1S/C12H11N2/c1-2-4-10-6-11(5-9(10)3-1)12-7-13-8-14-12/h1-4,7-8H,5-6H2,(H,13,14). The molecule has 0 spiro atoms. The van der Waals surface area contributed by atoms with Gasteiger partial charge in [-0.25, -0.2) is 4.98 Å². The van der Waals surface area contributed by atoms with Gasteiger partial charge in [-0.15, -0.1) is 0 Å². The molecule has 0 amide bonds. The van der Waals surface area contributed by atoms with Crippen LogP contribution in [0.1, 0.15) is 16.8 Å². The van der Waals surface area contributed by atoms with E-state index >= 15 is 0 Å². The van der Waals surface area contributed by atoms with Gasteiger partial charge in [0.05, 0.1) is 12.0 Å². The van der Waals surface area contributed by atoms with Gasteiger partial charge in [-0.05, 0) is 24.0 Å². The monoisotopic (exact) mass is 183 g/mol. The number of fused-ring (bicyclic) bond motifs is 1. The molecule has 69 valence electrons. The van der Waals surface area contributed by atoms with E-state index in [0.29, 0.717) is 0 Å². The Morgan fingerprint density at radius 2 is 1.79 bits per heavy atom. The maximum absolute atomic E-state index is 4.29. The summed E-state index contributed by atoms with van der Waals surface area (Å²) >= 11 is 0. The average molecular weight is 183 g/mol. The van der Waals surface area contributed by atoms with E-state index in [1.165, 1.54) is 17.0 Å². The normalized spacial score (nSPS) is 15.7. The number of benzene rings is 1. The number of hydrogen-bond acceptors (Lipinski definition) is 1. The van der Waals surface area contributed by atoms with Crippen LogP contribution in [0.2, 0.25) is 0 Å². The summed E-state index contributed by atoms with van der Waals surface area (Å²) in [5.74, 6) is 1.42. The van der Waals surface area contributed by atoms with Gasteiger partial charge < -0.3 is 4.98 Å². The van der Waals surface area contributed by atoms with Crippen LogP contribution in [0.15, 0.2) is 36.8 Å². The molecular formula is C12H11N2. The zero-order valence-electron chi connectivity index (χ0n) is 7.83. The summed E-state index contributed by atoms with van der Waals surface area (Å²) < 4.78 is 0. The molecule has 2 aromatic rings. The second kappa shape index (κ2) is 2.98. The topological polar surface area (TPSA) is 28.7 Å². The van der Waals surface area contributed by atoms with Crippen molar-refractivity contribution in [1.29, 1.82) is 0 Å². The van der Waals surface area contributed by atoms with Crippen LogP contribution >= 0.6 is 0 Å². The molecule has 1 N–H and O–H groups in total. The van der Waals surface area contributed by atoms with E-state index in [1.807, 2.05) is 6.20 Å². The van der Waals surface area contributed by atoms with Gasteiger partial charge in [0, 0.05) is 12.1 Å². The molecule has 1 radical (unpaired) electrons. The zero-order valence-corrected chi connectivity index (χ0v) is 7.83. The van der Waals surface area contributed by atoms with Crippen LogP contribution in [0.3, 0.4) is 0 Å². The summed E-state index contributed by atoms with van der Waals surface area (Å²) in [6, 6.07) is 8.61. The summed E-state index contributed by atoms with van der Waals surface area (Å²) in [4.78, 5) is 7.29.